The molecule has 1 aliphatic heterocycles. The number of hydrogen-bond donors (Lipinski definition) is 2. The summed E-state index contributed by atoms with van der Waals surface area (Å²) in [5, 5.41) is 5.71. The Hall–Kier alpha value is -2.15. The lowest BCUT2D eigenvalue weighted by atomic mass is 10.1. The smallest absolute Gasteiger partial charge is 0.315 e. The summed E-state index contributed by atoms with van der Waals surface area (Å²) in [6.45, 7) is 5.10. The molecule has 6 nitrogen and oxygen atoms in total. The van der Waals surface area contributed by atoms with E-state index in [0.29, 0.717) is 13.1 Å². The predicted octanol–water partition coefficient (Wildman–Crippen LogP) is 2.84. The molecule has 0 saturated carbocycles. The van der Waals surface area contributed by atoms with Crippen LogP contribution in [0.3, 0.4) is 0 Å². The Bertz CT molecular complexity index is 664. The molecule has 0 bridgehead atoms. The number of thiazole rings is 1. The van der Waals surface area contributed by atoms with Crippen LogP contribution in [0.5, 0.6) is 0 Å². The quantitative estimate of drug-likeness (QED) is 0.874. The third kappa shape index (κ3) is 4.44. The zero-order chi connectivity index (χ0) is 16.8. The van der Waals surface area contributed by atoms with Crippen LogP contribution in [0.15, 0.2) is 23.8 Å². The van der Waals surface area contributed by atoms with E-state index in [2.05, 4.69) is 25.5 Å². The maximum atomic E-state index is 11.9. The van der Waals surface area contributed by atoms with Gasteiger partial charge >= 0.3 is 6.03 Å². The number of rotatable bonds is 5. The van der Waals surface area contributed by atoms with Crippen LogP contribution in [0.4, 0.5) is 10.6 Å². The summed E-state index contributed by atoms with van der Waals surface area (Å²) in [7, 11) is 0. The lowest BCUT2D eigenvalue weighted by Gasteiger charge is -2.27. The zero-order valence-corrected chi connectivity index (χ0v) is 14.7. The first-order chi connectivity index (χ1) is 11.7. The summed E-state index contributed by atoms with van der Waals surface area (Å²) >= 11 is 1.55. The van der Waals surface area contributed by atoms with E-state index in [0.717, 1.165) is 35.0 Å². The first kappa shape index (κ1) is 16.7. The van der Waals surface area contributed by atoms with Crippen molar-refractivity contribution in [3.05, 3.63) is 40.0 Å². The van der Waals surface area contributed by atoms with E-state index in [4.69, 9.17) is 0 Å². The van der Waals surface area contributed by atoms with Gasteiger partial charge in [-0.1, -0.05) is 6.07 Å². The van der Waals surface area contributed by atoms with Crippen molar-refractivity contribution in [3.8, 4) is 0 Å². The van der Waals surface area contributed by atoms with Crippen LogP contribution in [0.25, 0.3) is 0 Å². The van der Waals surface area contributed by atoms with Crippen LogP contribution in [0, 0.1) is 6.92 Å². The van der Waals surface area contributed by atoms with Crippen LogP contribution < -0.4 is 15.5 Å². The number of hydrogen-bond acceptors (Lipinski definition) is 5. The lowest BCUT2D eigenvalue weighted by Crippen LogP contribution is -2.34. The second kappa shape index (κ2) is 8.10. The van der Waals surface area contributed by atoms with Crippen molar-refractivity contribution in [3.63, 3.8) is 0 Å². The van der Waals surface area contributed by atoms with Gasteiger partial charge in [-0.2, -0.15) is 0 Å². The third-order valence-electron chi connectivity index (χ3n) is 4.20. The van der Waals surface area contributed by atoms with Gasteiger partial charge in [0.2, 0.25) is 0 Å². The highest BCUT2D eigenvalue weighted by molar-refractivity contribution is 7.09. The van der Waals surface area contributed by atoms with Crippen molar-refractivity contribution in [2.75, 3.05) is 18.0 Å². The minimum Gasteiger partial charge on any atom is -0.357 e. The van der Waals surface area contributed by atoms with Crippen molar-refractivity contribution in [2.45, 2.75) is 39.3 Å². The lowest BCUT2D eigenvalue weighted by molar-refractivity contribution is 0.240. The molecule has 3 heterocycles. The molecule has 0 atom stereocenters. The number of aryl methyl sites for hydroxylation is 1. The summed E-state index contributed by atoms with van der Waals surface area (Å²) in [4.78, 5) is 24.0. The van der Waals surface area contributed by atoms with Gasteiger partial charge in [0.25, 0.3) is 0 Å². The number of piperidine rings is 1. The summed E-state index contributed by atoms with van der Waals surface area (Å²) in [6.07, 6.45) is 5.64. The number of nitrogens with one attached hydrogen (secondary N) is 2. The summed E-state index contributed by atoms with van der Waals surface area (Å²) in [6, 6.07) is 3.90. The number of anilines is 1. The van der Waals surface area contributed by atoms with E-state index >= 15 is 0 Å². The molecule has 0 spiro atoms. The molecule has 2 aromatic heterocycles. The van der Waals surface area contributed by atoms with Gasteiger partial charge in [-0.05, 0) is 37.8 Å². The molecule has 2 aromatic rings. The zero-order valence-electron chi connectivity index (χ0n) is 13.9. The molecule has 3 rings (SSSR count). The van der Waals surface area contributed by atoms with E-state index in [1.807, 2.05) is 25.3 Å². The monoisotopic (exact) mass is 345 g/mol. The molecule has 1 aliphatic rings. The Labute approximate surface area is 146 Å². The van der Waals surface area contributed by atoms with Gasteiger partial charge < -0.3 is 15.5 Å². The highest BCUT2D eigenvalue weighted by Crippen LogP contribution is 2.17. The van der Waals surface area contributed by atoms with Crippen LogP contribution in [0.1, 0.15) is 35.4 Å². The Morgan fingerprint density at radius 3 is 2.62 bits per heavy atom. The van der Waals surface area contributed by atoms with Crippen LogP contribution in [0.2, 0.25) is 0 Å². The van der Waals surface area contributed by atoms with E-state index in [1.54, 1.807) is 16.8 Å². The first-order valence-electron chi connectivity index (χ1n) is 8.33. The SMILES string of the molecule is Cc1ncsc1CNC(=O)NCc1ccc(N2CCCCC2)nc1. The average Bonchev–Trinajstić information content (AvgIpc) is 3.04. The molecular weight excluding hydrogens is 322 g/mol. The molecule has 0 radical (unpaired) electrons. The fourth-order valence-electron chi connectivity index (χ4n) is 2.73. The Morgan fingerprint density at radius 2 is 1.96 bits per heavy atom. The maximum Gasteiger partial charge on any atom is 0.315 e. The van der Waals surface area contributed by atoms with E-state index < -0.39 is 0 Å². The molecular formula is C17H23N5OS. The van der Waals surface area contributed by atoms with Gasteiger partial charge in [-0.15, -0.1) is 11.3 Å². The number of nitrogens with zero attached hydrogens (tertiary/aromatic N) is 3. The van der Waals surface area contributed by atoms with Gasteiger partial charge in [-0.25, -0.2) is 14.8 Å². The van der Waals surface area contributed by atoms with Gasteiger partial charge in [-0.3, -0.25) is 0 Å². The van der Waals surface area contributed by atoms with Crippen molar-refractivity contribution in [1.29, 1.82) is 0 Å². The number of carbonyl (C=O) groups is 1. The van der Waals surface area contributed by atoms with Gasteiger partial charge in [0, 0.05) is 30.7 Å². The molecule has 0 unspecified atom stereocenters. The van der Waals surface area contributed by atoms with E-state index in [1.165, 1.54) is 19.3 Å². The highest BCUT2D eigenvalue weighted by Gasteiger charge is 2.11. The minimum absolute atomic E-state index is 0.178. The number of carbonyl (C=O) groups excluding carboxylic acids is 1. The van der Waals surface area contributed by atoms with Crippen molar-refractivity contribution >= 4 is 23.2 Å². The second-order valence-electron chi connectivity index (χ2n) is 5.97. The number of urea groups is 1. The number of amides is 2. The summed E-state index contributed by atoms with van der Waals surface area (Å²) in [5.74, 6) is 1.03. The van der Waals surface area contributed by atoms with Crippen molar-refractivity contribution < 1.29 is 4.79 Å². The molecule has 128 valence electrons. The number of aromatic nitrogens is 2. The Balaban J connectivity index is 1.44. The maximum absolute atomic E-state index is 11.9. The van der Waals surface area contributed by atoms with Crippen LogP contribution >= 0.6 is 11.3 Å². The molecule has 2 N–H and O–H groups in total. The van der Waals surface area contributed by atoms with Gasteiger partial charge in [0.1, 0.15) is 5.82 Å². The van der Waals surface area contributed by atoms with Crippen molar-refractivity contribution in [1.82, 2.24) is 20.6 Å². The standard InChI is InChI=1S/C17H23N5OS/c1-13-15(24-12-21-13)11-20-17(23)19-10-14-5-6-16(18-9-14)22-7-3-2-4-8-22/h5-6,9,12H,2-4,7-8,10-11H2,1H3,(H2,19,20,23). The van der Waals surface area contributed by atoms with Gasteiger partial charge in [0.15, 0.2) is 0 Å². The Morgan fingerprint density at radius 1 is 1.17 bits per heavy atom. The normalized spacial score (nSPS) is 14.5. The molecule has 0 aromatic carbocycles. The second-order valence-corrected chi connectivity index (χ2v) is 6.91. The average molecular weight is 345 g/mol. The van der Waals surface area contributed by atoms with E-state index in [-0.39, 0.29) is 6.03 Å². The highest BCUT2D eigenvalue weighted by atomic mass is 32.1. The van der Waals surface area contributed by atoms with Gasteiger partial charge in [0.05, 0.1) is 17.7 Å². The van der Waals surface area contributed by atoms with E-state index in [9.17, 15) is 4.79 Å². The molecule has 1 fully saturated rings. The first-order valence-corrected chi connectivity index (χ1v) is 9.21. The summed E-state index contributed by atoms with van der Waals surface area (Å²) < 4.78 is 0. The molecule has 24 heavy (non-hydrogen) atoms. The fraction of sp³-hybridized carbons (Fsp3) is 0.471. The topological polar surface area (TPSA) is 70.2 Å². The predicted molar refractivity (Wildman–Crippen MR) is 96.2 cm³/mol. The Kier molecular flexibility index (Phi) is 5.63. The largest absolute Gasteiger partial charge is 0.357 e. The molecule has 0 aliphatic carbocycles. The summed E-state index contributed by atoms with van der Waals surface area (Å²) in [5.41, 5.74) is 3.76. The minimum atomic E-state index is -0.178. The van der Waals surface area contributed by atoms with Crippen LogP contribution in [-0.2, 0) is 13.1 Å². The molecule has 2 amide bonds. The molecule has 7 heteroatoms. The molecule has 1 saturated heterocycles. The fourth-order valence-corrected chi connectivity index (χ4v) is 3.45. The third-order valence-corrected chi connectivity index (χ3v) is 5.13. The number of pyridine rings is 1. The van der Waals surface area contributed by atoms with Crippen molar-refractivity contribution in [2.24, 2.45) is 0 Å². The van der Waals surface area contributed by atoms with Crippen LogP contribution in [-0.4, -0.2) is 29.1 Å².